The van der Waals surface area contributed by atoms with E-state index in [1.165, 1.54) is 0 Å². The summed E-state index contributed by atoms with van der Waals surface area (Å²) in [6.07, 6.45) is 8.94. The van der Waals surface area contributed by atoms with Crippen LogP contribution >= 0.6 is 0 Å². The summed E-state index contributed by atoms with van der Waals surface area (Å²) < 4.78 is 7.43. The van der Waals surface area contributed by atoms with Gasteiger partial charge < -0.3 is 14.5 Å². The molecular formula is C21H28N6O3. The molecule has 2 fully saturated rings. The smallest absolute Gasteiger partial charge is 0.274 e. The van der Waals surface area contributed by atoms with Gasteiger partial charge >= 0.3 is 0 Å². The summed E-state index contributed by atoms with van der Waals surface area (Å²) in [4.78, 5) is 37.0. The van der Waals surface area contributed by atoms with E-state index in [0.717, 1.165) is 25.9 Å². The number of aromatic nitrogens is 4. The number of piperidine rings is 1. The molecule has 1 atom stereocenters. The van der Waals surface area contributed by atoms with Crippen LogP contribution in [0.3, 0.4) is 0 Å². The molecular weight excluding hydrogens is 384 g/mol. The van der Waals surface area contributed by atoms with Crippen molar-refractivity contribution in [2.45, 2.75) is 32.7 Å². The second-order valence-electron chi connectivity index (χ2n) is 8.02. The predicted octanol–water partition coefficient (Wildman–Crippen LogP) is 1.47. The van der Waals surface area contributed by atoms with Gasteiger partial charge in [0.2, 0.25) is 11.8 Å². The monoisotopic (exact) mass is 412 g/mol. The molecule has 0 bridgehead atoms. The molecule has 2 saturated heterocycles. The molecule has 1 unspecified atom stereocenters. The number of aryl methyl sites for hydroxylation is 1. The van der Waals surface area contributed by atoms with Gasteiger partial charge in [-0.25, -0.2) is 4.98 Å². The van der Waals surface area contributed by atoms with E-state index in [0.29, 0.717) is 50.2 Å². The summed E-state index contributed by atoms with van der Waals surface area (Å²) in [7, 11) is 0. The number of ether oxygens (including phenoxy) is 1. The highest BCUT2D eigenvalue weighted by molar-refractivity contribution is 5.92. The van der Waals surface area contributed by atoms with E-state index in [1.807, 2.05) is 22.9 Å². The van der Waals surface area contributed by atoms with Crippen LogP contribution in [0.5, 0.6) is 5.88 Å². The highest BCUT2D eigenvalue weighted by atomic mass is 16.5. The van der Waals surface area contributed by atoms with Crippen molar-refractivity contribution in [3.63, 3.8) is 0 Å². The molecule has 2 aromatic heterocycles. The zero-order valence-electron chi connectivity index (χ0n) is 17.3. The van der Waals surface area contributed by atoms with Gasteiger partial charge in [-0.3, -0.25) is 19.3 Å². The fourth-order valence-electron chi connectivity index (χ4n) is 4.15. The zero-order chi connectivity index (χ0) is 20.9. The Kier molecular flexibility index (Phi) is 6.25. The normalized spacial score (nSPS) is 20.0. The van der Waals surface area contributed by atoms with Crippen LogP contribution in [0.15, 0.2) is 30.9 Å². The van der Waals surface area contributed by atoms with E-state index in [1.54, 1.807) is 29.3 Å². The third kappa shape index (κ3) is 4.77. The third-order valence-electron chi connectivity index (χ3n) is 5.87. The molecule has 160 valence electrons. The molecule has 0 saturated carbocycles. The lowest BCUT2D eigenvalue weighted by molar-refractivity contribution is -0.128. The Morgan fingerprint density at radius 1 is 1.23 bits per heavy atom. The van der Waals surface area contributed by atoms with Crippen LogP contribution in [-0.4, -0.2) is 74.1 Å². The van der Waals surface area contributed by atoms with Gasteiger partial charge in [-0.2, -0.15) is 5.10 Å². The summed E-state index contributed by atoms with van der Waals surface area (Å²) in [5, 5.41) is 4.32. The minimum Gasteiger partial charge on any atom is -0.476 e. The van der Waals surface area contributed by atoms with E-state index >= 15 is 0 Å². The van der Waals surface area contributed by atoms with E-state index in [9.17, 15) is 9.59 Å². The average Bonchev–Trinajstić information content (AvgIpc) is 3.40. The van der Waals surface area contributed by atoms with Gasteiger partial charge in [0.05, 0.1) is 12.8 Å². The van der Waals surface area contributed by atoms with Gasteiger partial charge in [-0.15, -0.1) is 0 Å². The highest BCUT2D eigenvalue weighted by Gasteiger charge is 2.33. The summed E-state index contributed by atoms with van der Waals surface area (Å²) in [6.45, 7) is 6.12. The zero-order valence-corrected chi connectivity index (χ0v) is 17.3. The number of nitrogens with zero attached hydrogens (tertiary/aromatic N) is 6. The van der Waals surface area contributed by atoms with Crippen LogP contribution < -0.4 is 4.74 Å². The lowest BCUT2D eigenvalue weighted by Gasteiger charge is -2.33. The first-order valence-corrected chi connectivity index (χ1v) is 10.6. The van der Waals surface area contributed by atoms with Gasteiger partial charge in [-0.1, -0.05) is 0 Å². The molecule has 4 heterocycles. The van der Waals surface area contributed by atoms with Crippen molar-refractivity contribution in [1.29, 1.82) is 0 Å². The average molecular weight is 412 g/mol. The molecule has 2 amide bonds. The minimum atomic E-state index is -0.000812. The number of hydrogen-bond donors (Lipinski definition) is 0. The maximum atomic E-state index is 12.6. The molecule has 4 rings (SSSR count). The first-order chi connectivity index (χ1) is 14.6. The number of amides is 2. The summed E-state index contributed by atoms with van der Waals surface area (Å²) in [6, 6.07) is 1.78. The van der Waals surface area contributed by atoms with Crippen molar-refractivity contribution in [2.24, 2.45) is 11.8 Å². The van der Waals surface area contributed by atoms with Crippen molar-refractivity contribution in [3.05, 3.63) is 36.5 Å². The lowest BCUT2D eigenvalue weighted by Crippen LogP contribution is -2.42. The maximum absolute atomic E-state index is 12.6. The van der Waals surface area contributed by atoms with Crippen molar-refractivity contribution in [3.8, 4) is 5.88 Å². The summed E-state index contributed by atoms with van der Waals surface area (Å²) in [5.74, 6) is 1.27. The van der Waals surface area contributed by atoms with Gasteiger partial charge in [0.15, 0.2) is 0 Å². The van der Waals surface area contributed by atoms with E-state index < -0.39 is 0 Å². The fraction of sp³-hybridized carbons (Fsp3) is 0.571. The van der Waals surface area contributed by atoms with Gasteiger partial charge in [0.25, 0.3) is 5.91 Å². The molecule has 9 heteroatoms. The molecule has 2 aliphatic rings. The van der Waals surface area contributed by atoms with E-state index in [4.69, 9.17) is 4.74 Å². The molecule has 0 aliphatic carbocycles. The molecule has 2 aromatic rings. The second-order valence-corrected chi connectivity index (χ2v) is 8.02. The van der Waals surface area contributed by atoms with Crippen molar-refractivity contribution in [1.82, 2.24) is 29.5 Å². The first-order valence-electron chi connectivity index (χ1n) is 10.6. The van der Waals surface area contributed by atoms with Crippen LogP contribution in [-0.2, 0) is 11.3 Å². The van der Waals surface area contributed by atoms with Gasteiger partial charge in [0, 0.05) is 63.7 Å². The topological polar surface area (TPSA) is 93.5 Å². The molecule has 0 aromatic carbocycles. The van der Waals surface area contributed by atoms with E-state index in [-0.39, 0.29) is 17.7 Å². The Hall–Kier alpha value is -2.97. The van der Waals surface area contributed by atoms with E-state index in [2.05, 4.69) is 15.1 Å². The highest BCUT2D eigenvalue weighted by Crippen LogP contribution is 2.25. The molecule has 2 aliphatic heterocycles. The Morgan fingerprint density at radius 2 is 2.07 bits per heavy atom. The predicted molar refractivity (Wildman–Crippen MR) is 109 cm³/mol. The Labute approximate surface area is 176 Å². The van der Waals surface area contributed by atoms with Crippen LogP contribution in [0.2, 0.25) is 0 Å². The Balaban J connectivity index is 1.22. The number of carbonyl (C=O) groups is 2. The number of hydrogen-bond acceptors (Lipinski definition) is 6. The molecule has 0 radical (unpaired) electrons. The molecule has 9 nitrogen and oxygen atoms in total. The number of likely N-dealkylation sites (tertiary alicyclic amines) is 2. The quantitative estimate of drug-likeness (QED) is 0.684. The molecule has 0 N–H and O–H groups in total. The summed E-state index contributed by atoms with van der Waals surface area (Å²) in [5.41, 5.74) is 0.510. The maximum Gasteiger partial charge on any atom is 0.274 e. The molecule has 0 spiro atoms. The van der Waals surface area contributed by atoms with Crippen molar-refractivity contribution >= 4 is 11.8 Å². The van der Waals surface area contributed by atoms with Crippen molar-refractivity contribution in [2.75, 3.05) is 32.8 Å². The lowest BCUT2D eigenvalue weighted by atomic mass is 9.96. The number of carbonyl (C=O) groups excluding carboxylic acids is 2. The Bertz CT molecular complexity index is 863. The third-order valence-corrected chi connectivity index (χ3v) is 5.87. The standard InChI is InChI=1S/C21H28N6O3/c1-2-27-10-5-18(24-27)21(29)25-8-3-16(4-9-25)13-26-14-17(11-20(26)28)15-30-19-12-22-6-7-23-19/h5-7,10,12,16-17H,2-4,8-9,11,13-15H2,1H3. The van der Waals surface area contributed by atoms with Crippen molar-refractivity contribution < 1.29 is 14.3 Å². The van der Waals surface area contributed by atoms with Gasteiger partial charge in [-0.05, 0) is 31.7 Å². The first kappa shape index (κ1) is 20.3. The van der Waals surface area contributed by atoms with Crippen LogP contribution in [0.1, 0.15) is 36.7 Å². The molecule has 30 heavy (non-hydrogen) atoms. The van der Waals surface area contributed by atoms with Crippen LogP contribution in [0, 0.1) is 11.8 Å². The van der Waals surface area contributed by atoms with Gasteiger partial charge in [0.1, 0.15) is 5.69 Å². The fourth-order valence-corrected chi connectivity index (χ4v) is 4.15. The minimum absolute atomic E-state index is 0.000812. The van der Waals surface area contributed by atoms with Crippen LogP contribution in [0.25, 0.3) is 0 Å². The number of rotatable bonds is 7. The SMILES string of the molecule is CCn1ccc(C(=O)N2CCC(CN3CC(COc4cnccn4)CC3=O)CC2)n1. The second kappa shape index (κ2) is 9.23. The summed E-state index contributed by atoms with van der Waals surface area (Å²) >= 11 is 0. The van der Waals surface area contributed by atoms with Crippen LogP contribution in [0.4, 0.5) is 0 Å². The Morgan fingerprint density at radius 3 is 2.77 bits per heavy atom. The largest absolute Gasteiger partial charge is 0.476 e.